The number of aromatic nitrogens is 4. The van der Waals surface area contributed by atoms with Crippen molar-refractivity contribution in [3.8, 4) is 11.8 Å². The van der Waals surface area contributed by atoms with Crippen LogP contribution in [0.5, 0.6) is 11.8 Å². The maximum absolute atomic E-state index is 11.3. The van der Waals surface area contributed by atoms with Gasteiger partial charge >= 0.3 is 11.4 Å². The average Bonchev–Trinajstić information content (AvgIpc) is 2.30. The summed E-state index contributed by atoms with van der Waals surface area (Å²) in [6.07, 6.45) is 0. The molecule has 0 saturated carbocycles. The van der Waals surface area contributed by atoms with Gasteiger partial charge in [0.25, 0.3) is 11.1 Å². The maximum Gasteiger partial charge on any atom is 0.328 e. The van der Waals surface area contributed by atoms with Crippen LogP contribution in [0.1, 0.15) is 0 Å². The molecule has 0 aliphatic rings. The predicted molar refractivity (Wildman–Crippen MR) is 62.9 cm³/mol. The van der Waals surface area contributed by atoms with Gasteiger partial charge in [0, 0.05) is 16.5 Å². The Morgan fingerprint density at radius 2 is 1.00 bits per heavy atom. The SMILES string of the molecule is O=c1[nH]c(O)c(N=Nc2c(O)[nH]c(=O)[nH]c2=O)c(=O)[nH]1.[Ni]. The van der Waals surface area contributed by atoms with E-state index in [-0.39, 0.29) is 16.5 Å². The van der Waals surface area contributed by atoms with E-state index in [4.69, 9.17) is 0 Å². The van der Waals surface area contributed by atoms with Crippen LogP contribution in [-0.4, -0.2) is 30.1 Å². The fraction of sp³-hybridized carbons (Fsp3) is 0. The molecule has 0 aliphatic carbocycles. The van der Waals surface area contributed by atoms with E-state index in [1.54, 1.807) is 9.97 Å². The van der Waals surface area contributed by atoms with Crippen molar-refractivity contribution in [2.24, 2.45) is 10.2 Å². The molecule has 12 nitrogen and oxygen atoms in total. The molecule has 0 spiro atoms. The predicted octanol–water partition coefficient (Wildman–Crippen LogP) is -1.74. The molecule has 0 radical (unpaired) electrons. The molecule has 114 valence electrons. The molecule has 0 amide bonds. The summed E-state index contributed by atoms with van der Waals surface area (Å²) in [6, 6.07) is 0. The van der Waals surface area contributed by atoms with Crippen LogP contribution in [0.25, 0.3) is 0 Å². The summed E-state index contributed by atoms with van der Waals surface area (Å²) in [5.74, 6) is -1.74. The van der Waals surface area contributed by atoms with E-state index in [2.05, 4.69) is 10.2 Å². The number of H-pyrrole nitrogens is 4. The number of hydrogen-bond donors (Lipinski definition) is 6. The van der Waals surface area contributed by atoms with E-state index in [9.17, 15) is 29.4 Å². The molecule has 13 heteroatoms. The first-order valence-electron chi connectivity index (χ1n) is 4.91. The molecule has 2 rings (SSSR count). The Morgan fingerprint density at radius 3 is 1.29 bits per heavy atom. The molecular weight excluding hydrogens is 335 g/mol. The number of nitrogens with one attached hydrogen (secondary N) is 4. The molecule has 0 fully saturated rings. The molecule has 6 N–H and O–H groups in total. The van der Waals surface area contributed by atoms with Crippen LogP contribution in [0, 0.1) is 0 Å². The summed E-state index contributed by atoms with van der Waals surface area (Å²) in [7, 11) is 0. The topological polar surface area (TPSA) is 197 Å². The van der Waals surface area contributed by atoms with Crippen molar-refractivity contribution >= 4 is 11.4 Å². The number of aromatic amines is 4. The van der Waals surface area contributed by atoms with Gasteiger partial charge in [-0.05, 0) is 0 Å². The molecule has 2 aromatic heterocycles. The Labute approximate surface area is 122 Å². The maximum atomic E-state index is 11.3. The van der Waals surface area contributed by atoms with Crippen molar-refractivity contribution in [3.63, 3.8) is 0 Å². The van der Waals surface area contributed by atoms with Crippen LogP contribution in [0.15, 0.2) is 29.4 Å². The largest absolute Gasteiger partial charge is 0.493 e. The van der Waals surface area contributed by atoms with Crippen LogP contribution in [-0.2, 0) is 16.5 Å². The van der Waals surface area contributed by atoms with E-state index in [0.717, 1.165) is 0 Å². The molecule has 0 bridgehead atoms. The van der Waals surface area contributed by atoms with Crippen molar-refractivity contribution in [1.82, 2.24) is 19.9 Å². The third kappa shape index (κ3) is 3.33. The summed E-state index contributed by atoms with van der Waals surface area (Å²) >= 11 is 0. The summed E-state index contributed by atoms with van der Waals surface area (Å²) in [5.41, 5.74) is -5.41. The summed E-state index contributed by atoms with van der Waals surface area (Å²) in [4.78, 5) is 51.4. The molecule has 2 heterocycles. The quantitative estimate of drug-likeness (QED) is 0.277. The Hall–Kier alpha value is -2.95. The molecular formula is C8H6N6NiO6. The van der Waals surface area contributed by atoms with E-state index in [1.807, 2.05) is 9.97 Å². The van der Waals surface area contributed by atoms with Crippen molar-refractivity contribution in [3.05, 3.63) is 41.7 Å². The second-order valence-electron chi connectivity index (χ2n) is 3.41. The number of hydrogen-bond acceptors (Lipinski definition) is 8. The Balaban J connectivity index is 0.00000220. The zero-order valence-electron chi connectivity index (χ0n) is 9.74. The second-order valence-corrected chi connectivity index (χ2v) is 3.41. The zero-order valence-corrected chi connectivity index (χ0v) is 10.7. The van der Waals surface area contributed by atoms with E-state index < -0.39 is 45.6 Å². The van der Waals surface area contributed by atoms with Crippen molar-refractivity contribution in [2.75, 3.05) is 0 Å². The molecule has 0 aliphatic heterocycles. The Bertz CT molecular complexity index is 845. The van der Waals surface area contributed by atoms with Gasteiger partial charge in [0.05, 0.1) is 0 Å². The minimum absolute atomic E-state index is 0. The van der Waals surface area contributed by atoms with E-state index in [1.165, 1.54) is 0 Å². The third-order valence-electron chi connectivity index (χ3n) is 2.05. The molecule has 0 unspecified atom stereocenters. The van der Waals surface area contributed by atoms with Gasteiger partial charge in [-0.25, -0.2) is 9.59 Å². The fourth-order valence-corrected chi connectivity index (χ4v) is 1.22. The minimum atomic E-state index is -1.06. The summed E-state index contributed by atoms with van der Waals surface area (Å²) < 4.78 is 0. The fourth-order valence-electron chi connectivity index (χ4n) is 1.22. The van der Waals surface area contributed by atoms with E-state index in [0.29, 0.717) is 0 Å². The van der Waals surface area contributed by atoms with Gasteiger partial charge in [-0.15, -0.1) is 10.2 Å². The van der Waals surface area contributed by atoms with Gasteiger partial charge in [0.1, 0.15) is 0 Å². The first-order valence-corrected chi connectivity index (χ1v) is 4.91. The summed E-state index contributed by atoms with van der Waals surface area (Å²) in [5, 5.41) is 25.0. The normalized spacial score (nSPS) is 10.5. The average molecular weight is 341 g/mol. The molecule has 0 aromatic carbocycles. The second kappa shape index (κ2) is 6.00. The first-order chi connectivity index (χ1) is 9.38. The standard InChI is InChI=1S/C8H6N6O6.Ni/c15-3-1(4(16)10-7(19)9-3)13-14-2-5(17)11-8(20)12-6(2)18;/h(H3,9,10,15,16,19)(H3,11,12,17,18,20);. The van der Waals surface area contributed by atoms with Crippen molar-refractivity contribution in [1.29, 1.82) is 0 Å². The van der Waals surface area contributed by atoms with Crippen LogP contribution in [0.4, 0.5) is 11.4 Å². The minimum Gasteiger partial charge on any atom is -0.493 e. The smallest absolute Gasteiger partial charge is 0.328 e. The van der Waals surface area contributed by atoms with Gasteiger partial charge in [-0.2, -0.15) is 0 Å². The monoisotopic (exact) mass is 340 g/mol. The number of azo groups is 1. The van der Waals surface area contributed by atoms with Crippen LogP contribution in [0.2, 0.25) is 0 Å². The molecule has 0 atom stereocenters. The number of nitrogens with zero attached hydrogens (tertiary/aromatic N) is 2. The Morgan fingerprint density at radius 1 is 0.667 bits per heavy atom. The van der Waals surface area contributed by atoms with Crippen molar-refractivity contribution in [2.45, 2.75) is 0 Å². The third-order valence-corrected chi connectivity index (χ3v) is 2.05. The molecule has 21 heavy (non-hydrogen) atoms. The van der Waals surface area contributed by atoms with Crippen molar-refractivity contribution < 1.29 is 26.7 Å². The van der Waals surface area contributed by atoms with E-state index >= 15 is 0 Å². The number of aromatic hydroxyl groups is 2. The van der Waals surface area contributed by atoms with Crippen LogP contribution >= 0.6 is 0 Å². The van der Waals surface area contributed by atoms with Gasteiger partial charge < -0.3 is 10.2 Å². The van der Waals surface area contributed by atoms with Gasteiger partial charge in [-0.1, -0.05) is 0 Å². The number of rotatable bonds is 2. The zero-order chi connectivity index (χ0) is 14.9. The summed E-state index contributed by atoms with van der Waals surface area (Å²) in [6.45, 7) is 0. The van der Waals surface area contributed by atoms with Gasteiger partial charge in [-0.3, -0.25) is 29.5 Å². The Kier molecular flexibility index (Phi) is 4.61. The van der Waals surface area contributed by atoms with Gasteiger partial charge in [0.2, 0.25) is 23.1 Å². The van der Waals surface area contributed by atoms with Crippen LogP contribution < -0.4 is 22.5 Å². The first kappa shape index (κ1) is 16.1. The molecule has 2 aromatic rings. The van der Waals surface area contributed by atoms with Crippen LogP contribution in [0.3, 0.4) is 0 Å². The van der Waals surface area contributed by atoms with Gasteiger partial charge in [0.15, 0.2) is 0 Å². The molecule has 0 saturated heterocycles.